The fourth-order valence-electron chi connectivity index (χ4n) is 2.63. The number of non-ortho nitro benzene ring substituents is 1. The van der Waals surface area contributed by atoms with Crippen molar-refractivity contribution in [2.45, 2.75) is 43.3 Å². The standard InChI is InChI=1S/C16H19N3O6S/c1-16(2,3)25-15(20)18-7-6-11(9-18)26(23)14-17-12-8-10(19(21)22)4-5-13(12)24-14/h4-5,8,11H,6-7,9H2,1-3H3/t11-,26+/m1/s1. The molecule has 0 N–H and O–H groups in total. The number of carbonyl (C=O) groups excluding carboxylic acids is 1. The number of fused-ring (bicyclic) bond motifs is 1. The fourth-order valence-corrected chi connectivity index (χ4v) is 3.91. The second kappa shape index (κ2) is 6.67. The van der Waals surface area contributed by atoms with Gasteiger partial charge < -0.3 is 14.1 Å². The number of hydrogen-bond donors (Lipinski definition) is 0. The molecule has 26 heavy (non-hydrogen) atoms. The molecule has 9 nitrogen and oxygen atoms in total. The zero-order valence-corrected chi connectivity index (χ0v) is 15.4. The molecule has 10 heteroatoms. The molecule has 1 aromatic heterocycles. The van der Waals surface area contributed by atoms with E-state index in [-0.39, 0.29) is 28.2 Å². The molecule has 0 aliphatic carbocycles. The summed E-state index contributed by atoms with van der Waals surface area (Å²) < 4.78 is 23.5. The van der Waals surface area contributed by atoms with Crippen molar-refractivity contribution in [3.8, 4) is 0 Å². The molecule has 2 atom stereocenters. The van der Waals surface area contributed by atoms with Crippen molar-refractivity contribution in [1.82, 2.24) is 9.88 Å². The first-order valence-electron chi connectivity index (χ1n) is 8.07. The van der Waals surface area contributed by atoms with E-state index in [0.717, 1.165) is 0 Å². The van der Waals surface area contributed by atoms with E-state index in [1.165, 1.54) is 23.1 Å². The molecular formula is C16H19N3O6S. The summed E-state index contributed by atoms with van der Waals surface area (Å²) in [6.07, 6.45) is 0.0928. The Morgan fingerprint density at radius 3 is 2.85 bits per heavy atom. The van der Waals surface area contributed by atoms with Gasteiger partial charge in [-0.3, -0.25) is 10.1 Å². The van der Waals surface area contributed by atoms with Gasteiger partial charge in [0.25, 0.3) is 10.9 Å². The van der Waals surface area contributed by atoms with Crippen LogP contribution in [0.5, 0.6) is 0 Å². The lowest BCUT2D eigenvalue weighted by atomic mass is 10.2. The normalized spacial score (nSPS) is 18.9. The summed E-state index contributed by atoms with van der Waals surface area (Å²) in [5.41, 5.74) is -0.0887. The van der Waals surface area contributed by atoms with Gasteiger partial charge in [0.05, 0.1) is 10.2 Å². The lowest BCUT2D eigenvalue weighted by Crippen LogP contribution is -2.36. The van der Waals surface area contributed by atoms with Crippen LogP contribution in [0.15, 0.2) is 27.8 Å². The molecule has 0 spiro atoms. The highest BCUT2D eigenvalue weighted by molar-refractivity contribution is 7.85. The van der Waals surface area contributed by atoms with Gasteiger partial charge in [-0.15, -0.1) is 0 Å². The highest BCUT2D eigenvalue weighted by atomic mass is 32.2. The molecule has 0 saturated carbocycles. The Balaban J connectivity index is 1.73. The van der Waals surface area contributed by atoms with Crippen molar-refractivity contribution in [2.24, 2.45) is 0 Å². The summed E-state index contributed by atoms with van der Waals surface area (Å²) >= 11 is 0. The van der Waals surface area contributed by atoms with Crippen molar-refractivity contribution in [2.75, 3.05) is 13.1 Å². The van der Waals surface area contributed by atoms with Gasteiger partial charge in [-0.05, 0) is 33.3 Å². The summed E-state index contributed by atoms with van der Waals surface area (Å²) in [6.45, 7) is 6.08. The third-order valence-electron chi connectivity index (χ3n) is 3.83. The predicted molar refractivity (Wildman–Crippen MR) is 93.3 cm³/mol. The zero-order chi connectivity index (χ0) is 19.1. The molecule has 1 amide bonds. The molecule has 1 saturated heterocycles. The van der Waals surface area contributed by atoms with Gasteiger partial charge in [-0.2, -0.15) is 0 Å². The van der Waals surface area contributed by atoms with E-state index < -0.39 is 27.4 Å². The quantitative estimate of drug-likeness (QED) is 0.593. The third-order valence-corrected chi connectivity index (χ3v) is 5.34. The second-order valence-electron chi connectivity index (χ2n) is 7.02. The van der Waals surface area contributed by atoms with Crippen LogP contribution in [0.1, 0.15) is 27.2 Å². The Kier molecular flexibility index (Phi) is 4.70. The van der Waals surface area contributed by atoms with Gasteiger partial charge in [0.2, 0.25) is 0 Å². The van der Waals surface area contributed by atoms with Crippen LogP contribution < -0.4 is 0 Å². The maximum absolute atomic E-state index is 12.7. The van der Waals surface area contributed by atoms with Gasteiger partial charge in [0.1, 0.15) is 21.9 Å². The molecule has 0 bridgehead atoms. The van der Waals surface area contributed by atoms with E-state index in [0.29, 0.717) is 18.5 Å². The van der Waals surface area contributed by atoms with Crippen molar-refractivity contribution in [1.29, 1.82) is 0 Å². The van der Waals surface area contributed by atoms with E-state index in [9.17, 15) is 19.1 Å². The fraction of sp³-hybridized carbons (Fsp3) is 0.500. The molecule has 2 aromatic rings. The summed E-state index contributed by atoms with van der Waals surface area (Å²) in [5, 5.41) is 10.5. The molecule has 1 aliphatic rings. The summed E-state index contributed by atoms with van der Waals surface area (Å²) in [5.74, 6) is 0. The summed E-state index contributed by atoms with van der Waals surface area (Å²) in [4.78, 5) is 28.1. The number of ether oxygens (including phenoxy) is 1. The molecule has 0 radical (unpaired) electrons. The zero-order valence-electron chi connectivity index (χ0n) is 14.6. The van der Waals surface area contributed by atoms with Crippen LogP contribution in [-0.2, 0) is 15.5 Å². The number of nitrogens with zero attached hydrogens (tertiary/aromatic N) is 3. The average Bonchev–Trinajstić information content (AvgIpc) is 3.18. The van der Waals surface area contributed by atoms with Crippen molar-refractivity contribution in [3.05, 3.63) is 28.3 Å². The second-order valence-corrected chi connectivity index (χ2v) is 8.63. The Labute approximate surface area is 151 Å². The summed E-state index contributed by atoms with van der Waals surface area (Å²) in [6, 6.07) is 4.02. The topological polar surface area (TPSA) is 116 Å². The largest absolute Gasteiger partial charge is 0.444 e. The lowest BCUT2D eigenvalue weighted by molar-refractivity contribution is -0.384. The molecule has 140 valence electrons. The predicted octanol–water partition coefficient (Wildman–Crippen LogP) is 2.85. The molecule has 2 heterocycles. The Morgan fingerprint density at radius 2 is 2.19 bits per heavy atom. The van der Waals surface area contributed by atoms with Gasteiger partial charge in [0.15, 0.2) is 5.58 Å². The first-order valence-corrected chi connectivity index (χ1v) is 9.29. The van der Waals surface area contributed by atoms with Gasteiger partial charge in [0, 0.05) is 25.2 Å². The first kappa shape index (κ1) is 18.3. The van der Waals surface area contributed by atoms with Gasteiger partial charge in [-0.25, -0.2) is 14.0 Å². The lowest BCUT2D eigenvalue weighted by Gasteiger charge is -2.24. The number of aromatic nitrogens is 1. The maximum Gasteiger partial charge on any atom is 0.410 e. The number of carbonyl (C=O) groups is 1. The Morgan fingerprint density at radius 1 is 1.46 bits per heavy atom. The summed E-state index contributed by atoms with van der Waals surface area (Å²) in [7, 11) is -1.57. The van der Waals surface area contributed by atoms with Crippen molar-refractivity contribution >= 4 is 33.7 Å². The Bertz CT molecular complexity index is 888. The molecular weight excluding hydrogens is 362 g/mol. The highest BCUT2D eigenvalue weighted by Crippen LogP contribution is 2.26. The highest BCUT2D eigenvalue weighted by Gasteiger charge is 2.35. The van der Waals surface area contributed by atoms with E-state index in [2.05, 4.69) is 4.98 Å². The minimum absolute atomic E-state index is 0.0107. The molecule has 0 unspecified atom stereocenters. The van der Waals surface area contributed by atoms with E-state index in [1.807, 2.05) is 0 Å². The molecule has 1 aliphatic heterocycles. The van der Waals surface area contributed by atoms with Crippen molar-refractivity contribution < 1.29 is 23.1 Å². The number of hydrogen-bond acceptors (Lipinski definition) is 7. The minimum Gasteiger partial charge on any atom is -0.444 e. The van der Waals surface area contributed by atoms with E-state index >= 15 is 0 Å². The smallest absolute Gasteiger partial charge is 0.410 e. The van der Waals surface area contributed by atoms with E-state index in [1.54, 1.807) is 20.8 Å². The van der Waals surface area contributed by atoms with Crippen LogP contribution in [0.2, 0.25) is 0 Å². The number of likely N-dealkylation sites (tertiary alicyclic amines) is 1. The third kappa shape index (κ3) is 3.85. The van der Waals surface area contributed by atoms with Crippen LogP contribution in [0.4, 0.5) is 10.5 Å². The Hall–Kier alpha value is -2.49. The first-order chi connectivity index (χ1) is 12.1. The van der Waals surface area contributed by atoms with E-state index in [4.69, 9.17) is 9.15 Å². The number of oxazole rings is 1. The number of nitro groups is 1. The van der Waals surface area contributed by atoms with Gasteiger partial charge >= 0.3 is 6.09 Å². The number of benzene rings is 1. The van der Waals surface area contributed by atoms with Crippen molar-refractivity contribution in [3.63, 3.8) is 0 Å². The number of nitro benzene ring substituents is 1. The number of amides is 1. The SMILES string of the molecule is CC(C)(C)OC(=O)N1CC[C@@H]([S@](=O)c2nc3cc([N+](=O)[O-])ccc3o2)C1. The van der Waals surface area contributed by atoms with Crippen LogP contribution in [0, 0.1) is 10.1 Å². The molecule has 3 rings (SSSR count). The van der Waals surface area contributed by atoms with Crippen LogP contribution in [-0.4, -0.2) is 49.0 Å². The van der Waals surface area contributed by atoms with Crippen LogP contribution in [0.3, 0.4) is 0 Å². The number of rotatable bonds is 3. The molecule has 1 fully saturated rings. The maximum atomic E-state index is 12.7. The average molecular weight is 381 g/mol. The van der Waals surface area contributed by atoms with Crippen LogP contribution >= 0.6 is 0 Å². The van der Waals surface area contributed by atoms with Crippen LogP contribution in [0.25, 0.3) is 11.1 Å². The molecule has 1 aromatic carbocycles. The van der Waals surface area contributed by atoms with Gasteiger partial charge in [-0.1, -0.05) is 0 Å². The minimum atomic E-state index is -1.57. The monoisotopic (exact) mass is 381 g/mol.